The molecule has 0 saturated carbocycles. The molecule has 0 unspecified atom stereocenters. The zero-order valence-corrected chi connectivity index (χ0v) is 8.70. The number of halogens is 1. The second-order valence-corrected chi connectivity index (χ2v) is 3.74. The van der Waals surface area contributed by atoms with E-state index in [-0.39, 0.29) is 11.4 Å². The molecule has 1 aromatic heterocycles. The number of nitrogens with one attached hydrogen (secondary N) is 1. The second kappa shape index (κ2) is 3.02. The first-order valence-corrected chi connectivity index (χ1v) is 4.77. The molecule has 1 heterocycles. The average Bonchev–Trinajstić information content (AvgIpc) is 2.15. The number of hydrogen-bond acceptors (Lipinski definition) is 2. The summed E-state index contributed by atoms with van der Waals surface area (Å²) in [6.45, 7) is 0. The van der Waals surface area contributed by atoms with E-state index in [1.165, 1.54) is 0 Å². The highest BCUT2D eigenvalue weighted by atomic mass is 127. The smallest absolute Gasteiger partial charge is 0.258 e. The molecule has 0 radical (unpaired) electrons. The molecule has 0 aliphatic heterocycles. The zero-order valence-electron chi connectivity index (χ0n) is 6.54. The van der Waals surface area contributed by atoms with Crippen LogP contribution < -0.4 is 5.56 Å². The number of H-pyrrole nitrogens is 1. The number of benzene rings is 1. The Kier molecular flexibility index (Phi) is 1.99. The van der Waals surface area contributed by atoms with Crippen LogP contribution in [0.4, 0.5) is 0 Å². The summed E-state index contributed by atoms with van der Waals surface area (Å²) in [6, 6.07) is 7.18. The number of fused-ring (bicyclic) bond motifs is 1. The van der Waals surface area contributed by atoms with E-state index in [0.29, 0.717) is 8.96 Å². The quantitative estimate of drug-likeness (QED) is 0.726. The Morgan fingerprint density at radius 2 is 1.85 bits per heavy atom. The third kappa shape index (κ3) is 1.31. The predicted octanol–water partition coefficient (Wildman–Crippen LogP) is 1.84. The Labute approximate surface area is 87.6 Å². The molecular weight excluding hydrogens is 281 g/mol. The van der Waals surface area contributed by atoms with Gasteiger partial charge in [-0.15, -0.1) is 0 Å². The van der Waals surface area contributed by atoms with Gasteiger partial charge in [0.25, 0.3) is 5.56 Å². The van der Waals surface area contributed by atoms with Crippen LogP contribution in [0.2, 0.25) is 0 Å². The molecule has 2 aromatic rings. The lowest BCUT2D eigenvalue weighted by atomic mass is 10.2. The van der Waals surface area contributed by atoms with Crippen LogP contribution in [0.25, 0.3) is 10.8 Å². The zero-order chi connectivity index (χ0) is 9.42. The molecule has 0 atom stereocenters. The van der Waals surface area contributed by atoms with E-state index >= 15 is 0 Å². The Hall–Kier alpha value is -1.04. The number of rotatable bonds is 0. The Bertz CT molecular complexity index is 518. The van der Waals surface area contributed by atoms with E-state index in [1.54, 1.807) is 12.1 Å². The molecule has 4 heteroatoms. The molecule has 0 saturated heterocycles. The fourth-order valence-electron chi connectivity index (χ4n) is 1.23. The van der Waals surface area contributed by atoms with Crippen LogP contribution >= 0.6 is 22.6 Å². The van der Waals surface area contributed by atoms with Crippen LogP contribution in [0.15, 0.2) is 29.1 Å². The van der Waals surface area contributed by atoms with Gasteiger partial charge in [0.1, 0.15) is 0 Å². The number of aromatic amines is 1. The van der Waals surface area contributed by atoms with E-state index in [1.807, 2.05) is 34.7 Å². The molecule has 0 amide bonds. The van der Waals surface area contributed by atoms with Crippen molar-refractivity contribution in [3.63, 3.8) is 0 Å². The Morgan fingerprint density at radius 3 is 2.54 bits per heavy atom. The van der Waals surface area contributed by atoms with Gasteiger partial charge < -0.3 is 5.11 Å². The van der Waals surface area contributed by atoms with Crippen molar-refractivity contribution in [2.24, 2.45) is 0 Å². The maximum absolute atomic E-state index is 11.3. The van der Waals surface area contributed by atoms with Gasteiger partial charge in [-0.05, 0) is 28.7 Å². The molecule has 0 spiro atoms. The lowest BCUT2D eigenvalue weighted by molar-refractivity contribution is 0.449. The first-order chi connectivity index (χ1) is 6.20. The first-order valence-electron chi connectivity index (χ1n) is 3.69. The summed E-state index contributed by atoms with van der Waals surface area (Å²) < 4.78 is 0.674. The van der Waals surface area contributed by atoms with Gasteiger partial charge in [0.05, 0.1) is 3.57 Å². The summed E-state index contributed by atoms with van der Waals surface area (Å²) in [5, 5.41) is 10.7. The summed E-state index contributed by atoms with van der Waals surface area (Å²) in [6.07, 6.45) is 0. The van der Waals surface area contributed by atoms with E-state index in [9.17, 15) is 9.90 Å². The molecule has 0 aliphatic rings. The minimum atomic E-state index is -0.256. The van der Waals surface area contributed by atoms with Crippen LogP contribution in [-0.2, 0) is 0 Å². The number of pyridine rings is 1. The molecule has 0 fully saturated rings. The van der Waals surface area contributed by atoms with Gasteiger partial charge in [-0.3, -0.25) is 9.78 Å². The largest absolute Gasteiger partial charge is 0.494 e. The molecule has 0 aliphatic carbocycles. The van der Waals surface area contributed by atoms with Gasteiger partial charge in [0, 0.05) is 10.8 Å². The van der Waals surface area contributed by atoms with Crippen molar-refractivity contribution < 1.29 is 5.11 Å². The van der Waals surface area contributed by atoms with Gasteiger partial charge in [-0.1, -0.05) is 18.2 Å². The molecule has 3 nitrogen and oxygen atoms in total. The minimum Gasteiger partial charge on any atom is -0.494 e. The normalized spacial score (nSPS) is 10.5. The van der Waals surface area contributed by atoms with Gasteiger partial charge in [-0.25, -0.2) is 0 Å². The maximum Gasteiger partial charge on any atom is 0.258 e. The highest BCUT2D eigenvalue weighted by molar-refractivity contribution is 14.1. The van der Waals surface area contributed by atoms with Crippen molar-refractivity contribution in [3.8, 4) is 5.88 Å². The summed E-state index contributed by atoms with van der Waals surface area (Å²) in [5.74, 6) is -0.0655. The topological polar surface area (TPSA) is 53.1 Å². The lowest BCUT2D eigenvalue weighted by Gasteiger charge is -2.01. The van der Waals surface area contributed by atoms with Crippen molar-refractivity contribution in [2.45, 2.75) is 0 Å². The minimum absolute atomic E-state index is 0.0655. The fourth-order valence-corrected chi connectivity index (χ4v) is 1.84. The average molecular weight is 287 g/mol. The molecule has 0 bridgehead atoms. The first kappa shape index (κ1) is 8.55. The van der Waals surface area contributed by atoms with Crippen molar-refractivity contribution in [2.75, 3.05) is 0 Å². The summed E-state index contributed by atoms with van der Waals surface area (Å²) in [7, 11) is 0. The van der Waals surface area contributed by atoms with Crippen LogP contribution in [0.1, 0.15) is 0 Å². The number of hydrogen-bond donors (Lipinski definition) is 2. The van der Waals surface area contributed by atoms with Crippen LogP contribution in [0.5, 0.6) is 5.88 Å². The van der Waals surface area contributed by atoms with E-state index in [0.717, 1.165) is 5.39 Å². The SMILES string of the molecule is O=c1[nH]c(O)c(I)c2ccccc12. The summed E-state index contributed by atoms with van der Waals surface area (Å²) >= 11 is 2.00. The second-order valence-electron chi connectivity index (χ2n) is 2.66. The van der Waals surface area contributed by atoms with Crippen LogP contribution in [-0.4, -0.2) is 10.1 Å². The highest BCUT2D eigenvalue weighted by Crippen LogP contribution is 2.23. The van der Waals surface area contributed by atoms with Gasteiger partial charge in [0.2, 0.25) is 5.88 Å². The fraction of sp³-hybridized carbons (Fsp3) is 0. The predicted molar refractivity (Wildman–Crippen MR) is 59.0 cm³/mol. The number of aromatic hydroxyl groups is 1. The molecule has 66 valence electrons. The van der Waals surface area contributed by atoms with E-state index in [2.05, 4.69) is 4.98 Å². The van der Waals surface area contributed by atoms with Crippen molar-refractivity contribution in [1.29, 1.82) is 0 Å². The van der Waals surface area contributed by atoms with E-state index in [4.69, 9.17) is 0 Å². The van der Waals surface area contributed by atoms with Crippen LogP contribution in [0.3, 0.4) is 0 Å². The van der Waals surface area contributed by atoms with Gasteiger partial charge >= 0.3 is 0 Å². The molecule has 2 rings (SSSR count). The monoisotopic (exact) mass is 287 g/mol. The van der Waals surface area contributed by atoms with E-state index < -0.39 is 0 Å². The van der Waals surface area contributed by atoms with Crippen LogP contribution in [0, 0.1) is 3.57 Å². The molecular formula is C9H6INO2. The summed E-state index contributed by atoms with van der Waals surface area (Å²) in [5.41, 5.74) is -0.256. The third-order valence-corrected chi connectivity index (χ3v) is 2.94. The maximum atomic E-state index is 11.3. The number of aromatic nitrogens is 1. The highest BCUT2D eigenvalue weighted by Gasteiger charge is 2.06. The van der Waals surface area contributed by atoms with Gasteiger partial charge in [-0.2, -0.15) is 0 Å². The molecule has 13 heavy (non-hydrogen) atoms. The molecule has 1 aromatic carbocycles. The lowest BCUT2D eigenvalue weighted by Crippen LogP contribution is -2.06. The Balaban J connectivity index is 3.06. The van der Waals surface area contributed by atoms with Gasteiger partial charge in [0.15, 0.2) is 0 Å². The third-order valence-electron chi connectivity index (χ3n) is 1.85. The summed E-state index contributed by atoms with van der Waals surface area (Å²) in [4.78, 5) is 13.7. The standard InChI is InChI=1S/C9H6INO2/c10-7-5-3-1-2-4-6(5)8(12)11-9(7)13/h1-4H,(H2,11,12,13). The molecule has 2 N–H and O–H groups in total. The van der Waals surface area contributed by atoms with Crippen molar-refractivity contribution in [1.82, 2.24) is 4.98 Å². The van der Waals surface area contributed by atoms with Crippen molar-refractivity contribution >= 4 is 33.4 Å². The van der Waals surface area contributed by atoms with Crippen molar-refractivity contribution in [3.05, 3.63) is 38.2 Å². The Morgan fingerprint density at radius 1 is 1.23 bits per heavy atom.